The molecule has 1 aromatic carbocycles. The molecule has 2 aliphatic heterocycles. The van der Waals surface area contributed by atoms with Gasteiger partial charge in [-0.2, -0.15) is 13.2 Å². The van der Waals surface area contributed by atoms with E-state index in [1.165, 1.54) is 19.1 Å². The van der Waals surface area contributed by atoms with Crippen molar-refractivity contribution in [3.63, 3.8) is 0 Å². The molecule has 0 aliphatic carbocycles. The molecule has 0 unspecified atom stereocenters. The highest BCUT2D eigenvalue weighted by Crippen LogP contribution is 2.37. The van der Waals surface area contributed by atoms with E-state index in [2.05, 4.69) is 15.4 Å². The fraction of sp³-hybridized carbons (Fsp3) is 0.542. The lowest BCUT2D eigenvalue weighted by atomic mass is 9.81. The number of hydrogen-bond donors (Lipinski definition) is 3. The van der Waals surface area contributed by atoms with Gasteiger partial charge in [-0.25, -0.2) is 4.39 Å². The van der Waals surface area contributed by atoms with Crippen LogP contribution in [0.4, 0.5) is 36.4 Å². The molecule has 2 saturated heterocycles. The Morgan fingerprint density at radius 3 is 2.37 bits per heavy atom. The predicted octanol–water partition coefficient (Wildman–Crippen LogP) is 2.05. The van der Waals surface area contributed by atoms with Crippen molar-refractivity contribution in [1.82, 2.24) is 15.5 Å². The molecule has 0 radical (unpaired) electrons. The van der Waals surface area contributed by atoms with Crippen molar-refractivity contribution in [3.05, 3.63) is 30.1 Å². The Morgan fingerprint density at radius 2 is 1.80 bits per heavy atom. The number of amides is 4. The maximum absolute atomic E-state index is 13.9. The molecule has 17 heteroatoms. The molecule has 0 spiro atoms. The first-order valence-corrected chi connectivity index (χ1v) is 12.2. The van der Waals surface area contributed by atoms with E-state index in [0.29, 0.717) is 4.90 Å². The molecular formula is C24H25F7N4O6. The lowest BCUT2D eigenvalue weighted by Gasteiger charge is -2.29. The summed E-state index contributed by atoms with van der Waals surface area (Å²) >= 11 is 0. The second kappa shape index (κ2) is 12.0. The fourth-order valence-corrected chi connectivity index (χ4v) is 4.61. The highest BCUT2D eigenvalue weighted by Gasteiger charge is 2.52. The molecular weight excluding hydrogens is 573 g/mol. The summed E-state index contributed by atoms with van der Waals surface area (Å²) in [5, 5.41) is 6.44. The Labute approximate surface area is 227 Å². The van der Waals surface area contributed by atoms with E-state index in [1.54, 1.807) is 0 Å². The molecule has 10 nitrogen and oxygen atoms in total. The van der Waals surface area contributed by atoms with E-state index in [4.69, 9.17) is 0 Å². The molecule has 2 aliphatic rings. The normalized spacial score (nSPS) is 23.6. The Balaban J connectivity index is 1.84. The van der Waals surface area contributed by atoms with Gasteiger partial charge in [0, 0.05) is 13.1 Å². The molecule has 0 aromatic heterocycles. The third kappa shape index (κ3) is 7.92. The molecule has 0 bridgehead atoms. The van der Waals surface area contributed by atoms with Crippen LogP contribution < -0.4 is 16.0 Å². The number of nitrogens with zero attached hydrogens (tertiary/aromatic N) is 1. The van der Waals surface area contributed by atoms with Crippen LogP contribution in [-0.2, 0) is 28.7 Å². The first-order chi connectivity index (χ1) is 18.9. The largest absolute Gasteiger partial charge is 0.522 e. The number of nitrogens with one attached hydrogen (secondary N) is 3. The second-order valence-electron chi connectivity index (χ2n) is 9.91. The number of alkyl halides is 6. The topological polar surface area (TPSA) is 134 Å². The number of Topliss-reactive ketones (excluding diaryl/α,β-unsaturated/α-hetero) is 1. The zero-order valence-electron chi connectivity index (χ0n) is 21.3. The van der Waals surface area contributed by atoms with Crippen LogP contribution in [0.1, 0.15) is 26.2 Å². The quantitative estimate of drug-likeness (QED) is 0.310. The smallest absolute Gasteiger partial charge is 0.356 e. The molecule has 226 valence electrons. The standard InChI is InChI=1S/C24H25F7N4O6/c1-22(6-7-32-21(22)40)9-15(17(36)11-41-24(29,30)31)34-18(37)16-8-12(23(26,27)28)10-35(16)20(39)19(38)33-14-5-3-2-4-13(14)25/h2-5,12,15-16H,6-11H2,1H3,(H,32,40)(H,33,38)(H,34,37)/t12-,15+,16+,22-/m1/s1. The Hall–Kier alpha value is -3.76. The molecule has 41 heavy (non-hydrogen) atoms. The van der Waals surface area contributed by atoms with Crippen molar-refractivity contribution in [2.75, 3.05) is 25.0 Å². The highest BCUT2D eigenvalue weighted by atomic mass is 19.4. The van der Waals surface area contributed by atoms with Crippen LogP contribution >= 0.6 is 0 Å². The van der Waals surface area contributed by atoms with E-state index < -0.39 is 103 Å². The summed E-state index contributed by atoms with van der Waals surface area (Å²) in [5.74, 6) is -9.69. The number of carbonyl (C=O) groups is 5. The fourth-order valence-electron chi connectivity index (χ4n) is 4.61. The summed E-state index contributed by atoms with van der Waals surface area (Å²) in [7, 11) is 0. The zero-order valence-corrected chi connectivity index (χ0v) is 21.3. The third-order valence-corrected chi connectivity index (χ3v) is 6.89. The van der Waals surface area contributed by atoms with Gasteiger partial charge in [0.05, 0.1) is 23.1 Å². The Kier molecular flexibility index (Phi) is 9.30. The number of rotatable bonds is 8. The number of benzene rings is 1. The van der Waals surface area contributed by atoms with E-state index in [9.17, 15) is 54.7 Å². The third-order valence-electron chi connectivity index (χ3n) is 6.89. The van der Waals surface area contributed by atoms with Crippen molar-refractivity contribution >= 4 is 35.1 Å². The van der Waals surface area contributed by atoms with Crippen LogP contribution in [0.2, 0.25) is 0 Å². The molecule has 0 saturated carbocycles. The Morgan fingerprint density at radius 1 is 1.15 bits per heavy atom. The first kappa shape index (κ1) is 31.8. The van der Waals surface area contributed by atoms with Gasteiger partial charge < -0.3 is 20.9 Å². The van der Waals surface area contributed by atoms with Gasteiger partial charge in [0.1, 0.15) is 18.5 Å². The van der Waals surface area contributed by atoms with Crippen molar-refractivity contribution in [2.24, 2.45) is 11.3 Å². The van der Waals surface area contributed by atoms with Crippen LogP contribution in [-0.4, -0.2) is 78.6 Å². The van der Waals surface area contributed by atoms with Crippen LogP contribution in [0.25, 0.3) is 0 Å². The van der Waals surface area contributed by atoms with Crippen LogP contribution in [0.3, 0.4) is 0 Å². The SMILES string of the molecule is C[C@]1(C[C@H](NC(=O)[C@@H]2C[C@@H](C(F)(F)F)CN2C(=O)C(=O)Nc2ccccc2F)C(=O)COC(F)(F)F)CCNC1=O. The summed E-state index contributed by atoms with van der Waals surface area (Å²) in [5.41, 5.74) is -1.79. The average Bonchev–Trinajstić information content (AvgIpc) is 3.46. The number of ketones is 1. The summed E-state index contributed by atoms with van der Waals surface area (Å²) < 4.78 is 95.7. The first-order valence-electron chi connectivity index (χ1n) is 12.2. The maximum atomic E-state index is 13.9. The molecule has 2 fully saturated rings. The lowest BCUT2D eigenvalue weighted by molar-refractivity contribution is -0.321. The number of likely N-dealkylation sites (tertiary alicyclic amines) is 1. The lowest BCUT2D eigenvalue weighted by Crippen LogP contribution is -2.54. The average molecular weight is 598 g/mol. The molecule has 4 atom stereocenters. The monoisotopic (exact) mass is 598 g/mol. The minimum atomic E-state index is -5.22. The zero-order chi connectivity index (χ0) is 30.8. The van der Waals surface area contributed by atoms with Gasteiger partial charge >= 0.3 is 24.4 Å². The van der Waals surface area contributed by atoms with Crippen molar-refractivity contribution < 1.29 is 59.4 Å². The second-order valence-corrected chi connectivity index (χ2v) is 9.91. The van der Waals surface area contributed by atoms with Gasteiger partial charge in [0.2, 0.25) is 11.8 Å². The molecule has 3 rings (SSSR count). The summed E-state index contributed by atoms with van der Waals surface area (Å²) in [6, 6.07) is 0.786. The number of para-hydroxylation sites is 1. The van der Waals surface area contributed by atoms with Gasteiger partial charge in [0.15, 0.2) is 5.78 Å². The van der Waals surface area contributed by atoms with Crippen molar-refractivity contribution in [1.29, 1.82) is 0 Å². The number of ether oxygens (including phenoxy) is 1. The minimum absolute atomic E-state index is 0.131. The van der Waals surface area contributed by atoms with Crippen LogP contribution in [0, 0.1) is 17.2 Å². The number of anilines is 1. The van der Waals surface area contributed by atoms with Gasteiger partial charge in [-0.3, -0.25) is 28.7 Å². The number of halogens is 7. The maximum Gasteiger partial charge on any atom is 0.522 e. The molecule has 3 N–H and O–H groups in total. The van der Waals surface area contributed by atoms with Gasteiger partial charge in [-0.05, 0) is 31.4 Å². The van der Waals surface area contributed by atoms with E-state index in [1.807, 2.05) is 5.32 Å². The van der Waals surface area contributed by atoms with Crippen molar-refractivity contribution in [2.45, 2.75) is 50.8 Å². The summed E-state index contributed by atoms with van der Waals surface area (Å²) in [6.07, 6.45) is -11.6. The number of hydrogen-bond acceptors (Lipinski definition) is 6. The number of carbonyl (C=O) groups excluding carboxylic acids is 5. The minimum Gasteiger partial charge on any atom is -0.356 e. The van der Waals surface area contributed by atoms with Crippen LogP contribution in [0.15, 0.2) is 24.3 Å². The van der Waals surface area contributed by atoms with E-state index >= 15 is 0 Å². The predicted molar refractivity (Wildman–Crippen MR) is 124 cm³/mol. The molecule has 4 amide bonds. The van der Waals surface area contributed by atoms with E-state index in [0.717, 1.165) is 12.1 Å². The van der Waals surface area contributed by atoms with E-state index in [-0.39, 0.29) is 13.0 Å². The van der Waals surface area contributed by atoms with Gasteiger partial charge in [-0.15, -0.1) is 13.2 Å². The highest BCUT2D eigenvalue weighted by molar-refractivity contribution is 6.40. The van der Waals surface area contributed by atoms with Gasteiger partial charge in [0.25, 0.3) is 0 Å². The summed E-state index contributed by atoms with van der Waals surface area (Å²) in [6.45, 7) is -1.17. The van der Waals surface area contributed by atoms with Gasteiger partial charge in [-0.1, -0.05) is 19.1 Å². The van der Waals surface area contributed by atoms with Crippen molar-refractivity contribution in [3.8, 4) is 0 Å². The molecule has 1 aromatic rings. The van der Waals surface area contributed by atoms with Crippen LogP contribution in [0.5, 0.6) is 0 Å². The summed E-state index contributed by atoms with van der Waals surface area (Å²) in [4.78, 5) is 63.7. The molecule has 2 heterocycles. The Bertz CT molecular complexity index is 1210.